The average Bonchev–Trinajstić information content (AvgIpc) is 2.96. The van der Waals surface area contributed by atoms with Crippen LogP contribution in [0.4, 0.5) is 0 Å². The zero-order chi connectivity index (χ0) is 18.5. The number of carbonyl (C=O) groups is 1. The van der Waals surface area contributed by atoms with Crippen LogP contribution in [0.5, 0.6) is 11.5 Å². The van der Waals surface area contributed by atoms with E-state index in [1.165, 1.54) is 0 Å². The second kappa shape index (κ2) is 8.05. The Morgan fingerprint density at radius 3 is 2.88 bits per heavy atom. The molecule has 0 atom stereocenters. The van der Waals surface area contributed by atoms with E-state index in [0.29, 0.717) is 11.5 Å². The summed E-state index contributed by atoms with van der Waals surface area (Å²) in [6.07, 6.45) is 1.63. The molecule has 0 radical (unpaired) electrons. The molecule has 0 bridgehead atoms. The van der Waals surface area contributed by atoms with Gasteiger partial charge in [-0.05, 0) is 31.2 Å². The number of ether oxygens (including phenoxy) is 2. The minimum atomic E-state index is -0.358. The maximum absolute atomic E-state index is 12.0. The fourth-order valence-corrected chi connectivity index (χ4v) is 2.91. The lowest BCUT2D eigenvalue weighted by Crippen LogP contribution is -2.24. The predicted octanol–water partition coefficient (Wildman–Crippen LogP) is 3.78. The van der Waals surface area contributed by atoms with Gasteiger partial charge in [-0.1, -0.05) is 34.1 Å². The van der Waals surface area contributed by atoms with Gasteiger partial charge in [0, 0.05) is 26.6 Å². The summed E-state index contributed by atoms with van der Waals surface area (Å²) in [5.74, 6) is 0.677. The third-order valence-electron chi connectivity index (χ3n) is 3.81. The summed E-state index contributed by atoms with van der Waals surface area (Å²) in [4.78, 5) is 15.2. The molecular formula is C19H18BrN3O3. The first-order valence-corrected chi connectivity index (χ1v) is 8.73. The van der Waals surface area contributed by atoms with Crippen molar-refractivity contribution in [2.75, 3.05) is 13.7 Å². The maximum atomic E-state index is 12.0. The van der Waals surface area contributed by atoms with Crippen LogP contribution in [0.1, 0.15) is 11.3 Å². The van der Waals surface area contributed by atoms with Crippen LogP contribution in [0.3, 0.4) is 0 Å². The molecule has 0 saturated heterocycles. The van der Waals surface area contributed by atoms with Gasteiger partial charge in [-0.25, -0.2) is 5.43 Å². The molecule has 3 aromatic rings. The van der Waals surface area contributed by atoms with Crippen LogP contribution in [0.25, 0.3) is 10.9 Å². The van der Waals surface area contributed by atoms with E-state index in [9.17, 15) is 4.79 Å². The van der Waals surface area contributed by atoms with Gasteiger partial charge >= 0.3 is 0 Å². The number of halogens is 1. The number of para-hydroxylation sites is 1. The Bertz CT molecular complexity index is 966. The van der Waals surface area contributed by atoms with E-state index in [0.717, 1.165) is 26.6 Å². The molecule has 6 nitrogen and oxygen atoms in total. The molecule has 2 N–H and O–H groups in total. The van der Waals surface area contributed by atoms with E-state index in [1.807, 2.05) is 37.3 Å². The van der Waals surface area contributed by atoms with Crippen LogP contribution in [0.15, 0.2) is 52.0 Å². The van der Waals surface area contributed by atoms with Gasteiger partial charge in [0.15, 0.2) is 18.1 Å². The first-order chi connectivity index (χ1) is 12.6. The summed E-state index contributed by atoms with van der Waals surface area (Å²) < 4.78 is 11.6. The van der Waals surface area contributed by atoms with Gasteiger partial charge in [0.1, 0.15) is 0 Å². The van der Waals surface area contributed by atoms with Crippen molar-refractivity contribution in [2.45, 2.75) is 6.92 Å². The highest BCUT2D eigenvalue weighted by atomic mass is 79.9. The van der Waals surface area contributed by atoms with Gasteiger partial charge in [-0.3, -0.25) is 4.79 Å². The van der Waals surface area contributed by atoms with E-state index >= 15 is 0 Å². The highest BCUT2D eigenvalue weighted by Gasteiger charge is 2.08. The SMILES string of the molecule is COc1cc(Br)ccc1OCC(=O)N/N=C/c1c(C)[nH]c2ccccc12. The number of aryl methyl sites for hydroxylation is 1. The summed E-state index contributed by atoms with van der Waals surface area (Å²) >= 11 is 3.36. The molecule has 26 heavy (non-hydrogen) atoms. The van der Waals surface area contributed by atoms with Crippen LogP contribution in [-0.4, -0.2) is 30.8 Å². The zero-order valence-corrected chi connectivity index (χ0v) is 16.0. The molecule has 0 spiro atoms. The fourth-order valence-electron chi connectivity index (χ4n) is 2.57. The number of hydrazone groups is 1. The van der Waals surface area contributed by atoms with E-state index in [4.69, 9.17) is 9.47 Å². The molecule has 0 fully saturated rings. The molecule has 134 valence electrons. The number of aromatic nitrogens is 1. The Balaban J connectivity index is 1.60. The number of aromatic amines is 1. The van der Waals surface area contributed by atoms with Crippen molar-refractivity contribution in [1.82, 2.24) is 10.4 Å². The van der Waals surface area contributed by atoms with Crippen molar-refractivity contribution in [1.29, 1.82) is 0 Å². The lowest BCUT2D eigenvalue weighted by atomic mass is 10.1. The molecule has 0 aliphatic carbocycles. The number of benzene rings is 2. The van der Waals surface area contributed by atoms with Gasteiger partial charge in [0.2, 0.25) is 0 Å². The average molecular weight is 416 g/mol. The van der Waals surface area contributed by atoms with Gasteiger partial charge in [0.25, 0.3) is 5.91 Å². The molecule has 2 aromatic carbocycles. The first-order valence-electron chi connectivity index (χ1n) is 7.94. The van der Waals surface area contributed by atoms with Crippen LogP contribution in [0.2, 0.25) is 0 Å². The molecule has 1 aromatic heterocycles. The van der Waals surface area contributed by atoms with Crippen molar-refractivity contribution in [2.24, 2.45) is 5.10 Å². The maximum Gasteiger partial charge on any atom is 0.277 e. The summed E-state index contributed by atoms with van der Waals surface area (Å²) in [7, 11) is 1.54. The number of amides is 1. The molecular weight excluding hydrogens is 398 g/mol. The monoisotopic (exact) mass is 415 g/mol. The van der Waals surface area contributed by atoms with Crippen molar-refractivity contribution in [3.8, 4) is 11.5 Å². The van der Waals surface area contributed by atoms with E-state index in [2.05, 4.69) is 31.4 Å². The van der Waals surface area contributed by atoms with Crippen molar-refractivity contribution < 1.29 is 14.3 Å². The van der Waals surface area contributed by atoms with Crippen LogP contribution in [0, 0.1) is 6.92 Å². The second-order valence-electron chi connectivity index (χ2n) is 5.59. The number of nitrogens with one attached hydrogen (secondary N) is 2. The Hall–Kier alpha value is -2.80. The van der Waals surface area contributed by atoms with E-state index < -0.39 is 0 Å². The molecule has 1 amide bonds. The molecule has 3 rings (SSSR count). The summed E-state index contributed by atoms with van der Waals surface area (Å²) in [5, 5.41) is 5.08. The summed E-state index contributed by atoms with van der Waals surface area (Å²) in [5.41, 5.74) is 5.43. The molecule has 0 aliphatic rings. The van der Waals surface area contributed by atoms with Crippen molar-refractivity contribution >= 4 is 39.0 Å². The molecule has 7 heteroatoms. The number of H-pyrrole nitrogens is 1. The quantitative estimate of drug-likeness (QED) is 0.475. The smallest absolute Gasteiger partial charge is 0.277 e. The highest BCUT2D eigenvalue weighted by Crippen LogP contribution is 2.30. The number of fused-ring (bicyclic) bond motifs is 1. The Labute approximate surface area is 159 Å². The third-order valence-corrected chi connectivity index (χ3v) is 4.30. The number of methoxy groups -OCH3 is 1. The van der Waals surface area contributed by atoms with Crippen molar-refractivity contribution in [3.63, 3.8) is 0 Å². The molecule has 0 saturated carbocycles. The van der Waals surface area contributed by atoms with E-state index in [-0.39, 0.29) is 12.5 Å². The van der Waals surface area contributed by atoms with E-state index in [1.54, 1.807) is 25.5 Å². The van der Waals surface area contributed by atoms with Crippen LogP contribution >= 0.6 is 15.9 Å². The molecule has 0 unspecified atom stereocenters. The number of hydrogen-bond donors (Lipinski definition) is 2. The number of carbonyl (C=O) groups excluding carboxylic acids is 1. The topological polar surface area (TPSA) is 75.7 Å². The van der Waals surface area contributed by atoms with Gasteiger partial charge in [-0.15, -0.1) is 0 Å². The minimum absolute atomic E-state index is 0.164. The van der Waals surface area contributed by atoms with Gasteiger partial charge in [0.05, 0.1) is 13.3 Å². The summed E-state index contributed by atoms with van der Waals surface area (Å²) in [6.45, 7) is 1.80. The lowest BCUT2D eigenvalue weighted by molar-refractivity contribution is -0.123. The standard InChI is InChI=1S/C19H18BrN3O3/c1-12-15(14-5-3-4-6-16(14)22-12)10-21-23-19(24)11-26-17-8-7-13(20)9-18(17)25-2/h3-10,22H,11H2,1-2H3,(H,23,24)/b21-10+. The minimum Gasteiger partial charge on any atom is -0.493 e. The van der Waals surface area contributed by atoms with Gasteiger partial charge < -0.3 is 14.5 Å². The Kier molecular flexibility index (Phi) is 5.58. The normalized spacial score (nSPS) is 11.0. The largest absolute Gasteiger partial charge is 0.493 e. The lowest BCUT2D eigenvalue weighted by Gasteiger charge is -2.10. The number of nitrogens with zero attached hydrogens (tertiary/aromatic N) is 1. The Morgan fingerprint density at radius 1 is 1.27 bits per heavy atom. The fraction of sp³-hybridized carbons (Fsp3) is 0.158. The predicted molar refractivity (Wildman–Crippen MR) is 105 cm³/mol. The van der Waals surface area contributed by atoms with Crippen LogP contribution in [-0.2, 0) is 4.79 Å². The second-order valence-corrected chi connectivity index (χ2v) is 6.50. The Morgan fingerprint density at radius 2 is 2.08 bits per heavy atom. The number of hydrogen-bond acceptors (Lipinski definition) is 4. The van der Waals surface area contributed by atoms with Crippen molar-refractivity contribution in [3.05, 3.63) is 58.2 Å². The summed E-state index contributed by atoms with van der Waals surface area (Å²) in [6, 6.07) is 13.2. The molecule has 0 aliphatic heterocycles. The highest BCUT2D eigenvalue weighted by molar-refractivity contribution is 9.10. The van der Waals surface area contributed by atoms with Gasteiger partial charge in [-0.2, -0.15) is 5.10 Å². The first kappa shape index (κ1) is 18.0. The molecule has 1 heterocycles. The third kappa shape index (κ3) is 4.05. The van der Waals surface area contributed by atoms with Crippen LogP contribution < -0.4 is 14.9 Å². The number of rotatable bonds is 6. The zero-order valence-electron chi connectivity index (χ0n) is 14.4.